The number of aromatic nitrogens is 2. The smallest absolute Gasteiger partial charge is 0.259 e. The molecule has 0 saturated carbocycles. The first-order chi connectivity index (χ1) is 15.6. The fourth-order valence-electron chi connectivity index (χ4n) is 3.49. The molecule has 156 valence electrons. The van der Waals surface area contributed by atoms with Gasteiger partial charge < -0.3 is 9.84 Å². The molecule has 0 spiro atoms. The van der Waals surface area contributed by atoms with Crippen molar-refractivity contribution in [1.29, 1.82) is 5.26 Å². The second-order valence-corrected chi connectivity index (χ2v) is 9.34. The van der Waals surface area contributed by atoms with Gasteiger partial charge in [0.25, 0.3) is 11.6 Å². The molecule has 0 fully saturated rings. The molecule has 0 aliphatic carbocycles. The summed E-state index contributed by atoms with van der Waals surface area (Å²) in [6.45, 7) is 3.82. The van der Waals surface area contributed by atoms with E-state index in [4.69, 9.17) is 4.52 Å². The number of carbonyl (C=O) groups excluding carboxylic acids is 1. The summed E-state index contributed by atoms with van der Waals surface area (Å²) in [5.74, 6) is -0.340. The second kappa shape index (κ2) is 8.04. The number of nitrogens with one attached hydrogen (secondary N) is 1. The number of aryl methyl sites for hydroxylation is 1. The van der Waals surface area contributed by atoms with Crippen molar-refractivity contribution in [1.82, 2.24) is 10.1 Å². The molecule has 4 aromatic heterocycles. The van der Waals surface area contributed by atoms with Gasteiger partial charge in [-0.05, 0) is 36.9 Å². The van der Waals surface area contributed by atoms with Crippen LogP contribution in [0.15, 0.2) is 58.4 Å². The van der Waals surface area contributed by atoms with E-state index in [9.17, 15) is 10.1 Å². The zero-order chi connectivity index (χ0) is 22.2. The average molecular weight is 457 g/mol. The Balaban J connectivity index is 1.69. The summed E-state index contributed by atoms with van der Waals surface area (Å²) in [5, 5.41) is 19.8. The van der Waals surface area contributed by atoms with Gasteiger partial charge in [-0.25, -0.2) is 4.98 Å². The fourth-order valence-corrected chi connectivity index (χ4v) is 5.19. The van der Waals surface area contributed by atoms with Crippen molar-refractivity contribution < 1.29 is 9.32 Å². The average Bonchev–Trinajstić information content (AvgIpc) is 3.54. The van der Waals surface area contributed by atoms with Crippen molar-refractivity contribution in [3.05, 3.63) is 75.5 Å². The molecule has 0 unspecified atom stereocenters. The molecule has 8 heteroatoms. The van der Waals surface area contributed by atoms with Crippen LogP contribution >= 0.6 is 22.7 Å². The number of hydrogen-bond acceptors (Lipinski definition) is 7. The van der Waals surface area contributed by atoms with Gasteiger partial charge >= 0.3 is 0 Å². The van der Waals surface area contributed by atoms with Crippen LogP contribution in [0, 0.1) is 25.2 Å². The molecule has 32 heavy (non-hydrogen) atoms. The van der Waals surface area contributed by atoms with Crippen molar-refractivity contribution in [3.63, 3.8) is 0 Å². The molecule has 0 atom stereocenters. The van der Waals surface area contributed by atoms with E-state index < -0.39 is 0 Å². The summed E-state index contributed by atoms with van der Waals surface area (Å²) in [4.78, 5) is 20.0. The van der Waals surface area contributed by atoms with E-state index in [0.717, 1.165) is 20.9 Å². The van der Waals surface area contributed by atoms with Gasteiger partial charge in [-0.15, -0.1) is 22.7 Å². The van der Waals surface area contributed by atoms with Gasteiger partial charge in [-0.1, -0.05) is 41.6 Å². The molecule has 1 amide bonds. The van der Waals surface area contributed by atoms with Crippen LogP contribution in [0.5, 0.6) is 0 Å². The minimum Gasteiger partial charge on any atom is -0.335 e. The minimum atomic E-state index is -0.340. The third kappa shape index (κ3) is 3.38. The Bertz CT molecular complexity index is 1490. The fraction of sp³-hybridized carbons (Fsp3) is 0.0833. The molecule has 0 aliphatic rings. The first-order valence-electron chi connectivity index (χ1n) is 9.78. The number of nitriles is 1. The van der Waals surface area contributed by atoms with E-state index >= 15 is 0 Å². The quantitative estimate of drug-likeness (QED) is 0.337. The van der Waals surface area contributed by atoms with Crippen molar-refractivity contribution >= 4 is 44.7 Å². The van der Waals surface area contributed by atoms with Gasteiger partial charge in [0.05, 0.1) is 27.1 Å². The lowest BCUT2D eigenvalue weighted by Gasteiger charge is -2.08. The highest BCUT2D eigenvalue weighted by atomic mass is 32.1. The lowest BCUT2D eigenvalue weighted by atomic mass is 10.0. The molecule has 0 saturated heterocycles. The topological polar surface area (TPSA) is 91.8 Å². The predicted molar refractivity (Wildman–Crippen MR) is 127 cm³/mol. The van der Waals surface area contributed by atoms with Crippen molar-refractivity contribution in [2.75, 3.05) is 5.32 Å². The Hall–Kier alpha value is -3.80. The van der Waals surface area contributed by atoms with E-state index in [1.807, 2.05) is 61.7 Å². The molecule has 0 radical (unpaired) electrons. The van der Waals surface area contributed by atoms with Crippen molar-refractivity contribution in [2.45, 2.75) is 13.8 Å². The molecule has 1 N–H and O–H groups in total. The van der Waals surface area contributed by atoms with Crippen LogP contribution in [0.25, 0.3) is 32.9 Å². The largest absolute Gasteiger partial charge is 0.335 e. The maximum atomic E-state index is 13.5. The number of carbonyl (C=O) groups is 1. The molecule has 1 aromatic carbocycles. The first kappa shape index (κ1) is 20.1. The molecule has 4 heterocycles. The van der Waals surface area contributed by atoms with E-state index in [-0.39, 0.29) is 5.91 Å². The van der Waals surface area contributed by atoms with Gasteiger partial charge in [0.1, 0.15) is 16.8 Å². The Morgan fingerprint density at radius 1 is 1.16 bits per heavy atom. The number of hydrogen-bond donors (Lipinski definition) is 1. The molecule has 0 bridgehead atoms. The number of thiophene rings is 2. The standard InChI is InChI=1S/C24H16N4O2S2/c1-13-14(2)32-24(17(13)12-25)27-22(29)16-11-18(19-9-6-10-31-19)26-23-20(16)21(28-30-23)15-7-4-3-5-8-15/h3-11H,1-2H3,(H,27,29). The number of nitrogens with zero attached hydrogens (tertiary/aromatic N) is 3. The lowest BCUT2D eigenvalue weighted by Crippen LogP contribution is -2.13. The van der Waals surface area contributed by atoms with Gasteiger partial charge in [0, 0.05) is 10.4 Å². The summed E-state index contributed by atoms with van der Waals surface area (Å²) in [7, 11) is 0. The molecule has 5 aromatic rings. The number of anilines is 1. The normalized spacial score (nSPS) is 10.9. The summed E-state index contributed by atoms with van der Waals surface area (Å²) >= 11 is 2.92. The number of rotatable bonds is 4. The second-order valence-electron chi connectivity index (χ2n) is 7.16. The van der Waals surface area contributed by atoms with Crippen LogP contribution in [0.3, 0.4) is 0 Å². The summed E-state index contributed by atoms with van der Waals surface area (Å²) < 4.78 is 5.57. The Morgan fingerprint density at radius 3 is 2.69 bits per heavy atom. The third-order valence-electron chi connectivity index (χ3n) is 5.24. The number of benzene rings is 1. The molecule has 5 rings (SSSR count). The van der Waals surface area contributed by atoms with Crippen molar-refractivity contribution in [3.8, 4) is 27.9 Å². The maximum Gasteiger partial charge on any atom is 0.259 e. The van der Waals surface area contributed by atoms with Crippen molar-refractivity contribution in [2.24, 2.45) is 0 Å². The summed E-state index contributed by atoms with van der Waals surface area (Å²) in [5.41, 5.74) is 4.05. The monoisotopic (exact) mass is 456 g/mol. The van der Waals surface area contributed by atoms with Gasteiger partial charge in [0.2, 0.25) is 0 Å². The van der Waals surface area contributed by atoms with Crippen LogP contribution in [0.2, 0.25) is 0 Å². The van der Waals surface area contributed by atoms with Crippen LogP contribution < -0.4 is 5.32 Å². The minimum absolute atomic E-state index is 0.291. The predicted octanol–water partition coefficient (Wildman–Crippen LogP) is 6.42. The summed E-state index contributed by atoms with van der Waals surface area (Å²) in [6, 6.07) is 17.4. The number of amides is 1. The van der Waals surface area contributed by atoms with Gasteiger partial charge in [-0.2, -0.15) is 5.26 Å². The molecule has 0 aliphatic heterocycles. The van der Waals surface area contributed by atoms with Crippen LogP contribution in [0.4, 0.5) is 5.00 Å². The third-order valence-corrected chi connectivity index (χ3v) is 7.25. The van der Waals surface area contributed by atoms with Gasteiger partial charge in [0.15, 0.2) is 0 Å². The summed E-state index contributed by atoms with van der Waals surface area (Å²) in [6.07, 6.45) is 0. The van der Waals surface area contributed by atoms with E-state index in [2.05, 4.69) is 21.5 Å². The molecule has 6 nitrogen and oxygen atoms in total. The van der Waals surface area contributed by atoms with Gasteiger partial charge in [-0.3, -0.25) is 4.79 Å². The van der Waals surface area contributed by atoms with Crippen LogP contribution in [-0.4, -0.2) is 16.0 Å². The maximum absolute atomic E-state index is 13.5. The van der Waals surface area contributed by atoms with E-state index in [1.54, 1.807) is 6.07 Å². The van der Waals surface area contributed by atoms with E-state index in [0.29, 0.717) is 38.6 Å². The number of fused-ring (bicyclic) bond motifs is 1. The highest BCUT2D eigenvalue weighted by Crippen LogP contribution is 2.36. The zero-order valence-electron chi connectivity index (χ0n) is 17.2. The van der Waals surface area contributed by atoms with Crippen LogP contribution in [0.1, 0.15) is 26.4 Å². The van der Waals surface area contributed by atoms with E-state index in [1.165, 1.54) is 22.7 Å². The molecular weight excluding hydrogens is 440 g/mol. The SMILES string of the molecule is Cc1sc(NC(=O)c2cc(-c3cccs3)nc3onc(-c4ccccc4)c23)c(C#N)c1C. The van der Waals surface area contributed by atoms with Crippen LogP contribution in [-0.2, 0) is 0 Å². The Morgan fingerprint density at radius 2 is 1.97 bits per heavy atom. The number of pyridine rings is 1. The zero-order valence-corrected chi connectivity index (χ0v) is 18.8. The Labute approximate surface area is 191 Å². The highest BCUT2D eigenvalue weighted by molar-refractivity contribution is 7.16. The molecular formula is C24H16N4O2S2. The Kier molecular flexibility index (Phi) is 5.05. The lowest BCUT2D eigenvalue weighted by molar-refractivity contribution is 0.102. The highest BCUT2D eigenvalue weighted by Gasteiger charge is 2.24. The first-order valence-corrected chi connectivity index (χ1v) is 11.5.